The van der Waals surface area contributed by atoms with E-state index in [1.54, 1.807) is 0 Å². The van der Waals surface area contributed by atoms with Crippen LogP contribution in [0.4, 0.5) is 0 Å². The molecule has 31 heavy (non-hydrogen) atoms. The highest BCUT2D eigenvalue weighted by Gasteiger charge is 2.13. The Kier molecular flexibility index (Phi) is 5.10. The summed E-state index contributed by atoms with van der Waals surface area (Å²) in [6.07, 6.45) is 9.24. The molecule has 0 spiro atoms. The molecule has 1 aliphatic rings. The number of rotatable bonds is 4. The van der Waals surface area contributed by atoms with Gasteiger partial charge in [0.2, 0.25) is 0 Å². The number of allylic oxidation sites excluding steroid dienone is 1. The minimum absolute atomic E-state index is 0.894. The first kappa shape index (κ1) is 19.3. The van der Waals surface area contributed by atoms with Crippen molar-refractivity contribution in [1.82, 2.24) is 25.5 Å². The molecule has 0 fully saturated rings. The molecular weight excluding hydrogens is 382 g/mol. The molecule has 0 saturated heterocycles. The maximum absolute atomic E-state index is 4.65. The van der Waals surface area contributed by atoms with Crippen molar-refractivity contribution in [3.63, 3.8) is 0 Å². The molecule has 4 heterocycles. The van der Waals surface area contributed by atoms with Gasteiger partial charge >= 0.3 is 0 Å². The van der Waals surface area contributed by atoms with Gasteiger partial charge in [-0.05, 0) is 61.4 Å². The number of hydrogen-bond donors (Lipinski definition) is 3. The number of nitrogens with one attached hydrogen (secondary N) is 3. The average molecular weight is 408 g/mol. The van der Waals surface area contributed by atoms with Crippen LogP contribution in [-0.2, 0) is 0 Å². The van der Waals surface area contributed by atoms with E-state index in [1.807, 2.05) is 37.4 Å². The lowest BCUT2D eigenvalue weighted by atomic mass is 10.00. The molecule has 0 unspecified atom stereocenters. The fourth-order valence-electron chi connectivity index (χ4n) is 4.14. The van der Waals surface area contributed by atoms with E-state index in [0.717, 1.165) is 69.2 Å². The molecule has 0 saturated carbocycles. The molecule has 3 N–H and O–H groups in total. The number of H-pyrrole nitrogens is 2. The number of benzene rings is 1. The van der Waals surface area contributed by atoms with Crippen LogP contribution in [0.1, 0.15) is 13.3 Å². The summed E-state index contributed by atoms with van der Waals surface area (Å²) in [6.45, 7) is 8.24. The predicted octanol–water partition coefficient (Wildman–Crippen LogP) is 3.68. The van der Waals surface area contributed by atoms with Crippen LogP contribution in [0.25, 0.3) is 45.7 Å². The molecule has 4 aromatic rings. The van der Waals surface area contributed by atoms with Gasteiger partial charge in [0.1, 0.15) is 5.69 Å². The average Bonchev–Trinajstić information content (AvgIpc) is 3.43. The minimum Gasteiger partial charge on any atom is -0.353 e. The van der Waals surface area contributed by atoms with E-state index in [4.69, 9.17) is 0 Å². The van der Waals surface area contributed by atoms with Crippen LogP contribution >= 0.6 is 0 Å². The van der Waals surface area contributed by atoms with Crippen LogP contribution in [0, 0.1) is 0 Å². The molecule has 5 heteroatoms. The first-order valence-electron chi connectivity index (χ1n) is 10.6. The molecule has 0 aliphatic carbocycles. The smallest absolute Gasteiger partial charge is 0.116 e. The Labute approximate surface area is 180 Å². The van der Waals surface area contributed by atoms with Crippen molar-refractivity contribution in [2.24, 2.45) is 0 Å². The maximum atomic E-state index is 4.65. The summed E-state index contributed by atoms with van der Waals surface area (Å²) in [5, 5.41) is 14.4. The van der Waals surface area contributed by atoms with Crippen molar-refractivity contribution in [2.45, 2.75) is 13.3 Å². The summed E-state index contributed by atoms with van der Waals surface area (Å²) in [5.41, 5.74) is 7.33. The minimum atomic E-state index is 0.894. The Hall–Kier alpha value is -3.70. The molecule has 0 amide bonds. The summed E-state index contributed by atoms with van der Waals surface area (Å²) >= 11 is 0. The highest BCUT2D eigenvalue weighted by molar-refractivity contribution is 5.97. The van der Waals surface area contributed by atoms with Crippen molar-refractivity contribution in [3.8, 4) is 22.6 Å². The van der Waals surface area contributed by atoms with E-state index in [2.05, 4.69) is 68.5 Å². The van der Waals surface area contributed by atoms with Gasteiger partial charge in [-0.25, -0.2) is 0 Å². The summed E-state index contributed by atoms with van der Waals surface area (Å²) in [7, 11) is 0. The molecule has 5 rings (SSSR count). The Bertz CT molecular complexity index is 1400. The van der Waals surface area contributed by atoms with Crippen LogP contribution in [0.15, 0.2) is 72.5 Å². The summed E-state index contributed by atoms with van der Waals surface area (Å²) in [4.78, 5) is 8.09. The Balaban J connectivity index is 1.65. The Morgan fingerprint density at radius 1 is 1.16 bits per heavy atom. The normalized spacial score (nSPS) is 15.5. The lowest BCUT2D eigenvalue weighted by Gasteiger charge is -2.13. The van der Waals surface area contributed by atoms with Crippen molar-refractivity contribution in [2.75, 3.05) is 13.1 Å². The zero-order valence-corrected chi connectivity index (χ0v) is 17.6. The topological polar surface area (TPSA) is 69.4 Å². The molecule has 1 aromatic carbocycles. The van der Waals surface area contributed by atoms with Gasteiger partial charge in [-0.3, -0.25) is 10.1 Å². The molecule has 154 valence electrons. The monoisotopic (exact) mass is 407 g/mol. The van der Waals surface area contributed by atoms with E-state index >= 15 is 0 Å². The first-order chi connectivity index (χ1) is 15.2. The maximum Gasteiger partial charge on any atom is 0.116 e. The van der Waals surface area contributed by atoms with Crippen molar-refractivity contribution >= 4 is 23.1 Å². The summed E-state index contributed by atoms with van der Waals surface area (Å²) in [5.74, 6) is 0. The van der Waals surface area contributed by atoms with E-state index in [9.17, 15) is 0 Å². The zero-order chi connectivity index (χ0) is 21.2. The second-order valence-electron chi connectivity index (χ2n) is 7.71. The number of aromatic amines is 2. The molecule has 5 nitrogen and oxygen atoms in total. The standard InChI is InChI=1S/C26H25N5/c1-3-22-21(15-17(2)18-10-13-27-14-11-18)26(31-30-22)25-16-20-19(7-6-9-24(20)29-25)23-8-4-5-12-28-23/h3-10,12,15-16,27,29-30H,2,11,13-14H2,1H3/b21-15+,22-3+. The fourth-order valence-corrected chi connectivity index (χ4v) is 4.14. The van der Waals surface area contributed by atoms with Gasteiger partial charge in [-0.15, -0.1) is 0 Å². The second kappa shape index (κ2) is 8.20. The van der Waals surface area contributed by atoms with Gasteiger partial charge in [0.05, 0.1) is 16.7 Å². The molecule has 0 radical (unpaired) electrons. The lowest BCUT2D eigenvalue weighted by molar-refractivity contribution is 0.710. The van der Waals surface area contributed by atoms with Gasteiger partial charge in [-0.1, -0.05) is 36.9 Å². The van der Waals surface area contributed by atoms with Crippen molar-refractivity contribution in [1.29, 1.82) is 0 Å². The van der Waals surface area contributed by atoms with E-state index in [0.29, 0.717) is 0 Å². The van der Waals surface area contributed by atoms with Crippen LogP contribution in [0.2, 0.25) is 0 Å². The fraction of sp³-hybridized carbons (Fsp3) is 0.154. The number of aromatic nitrogens is 4. The van der Waals surface area contributed by atoms with Crippen LogP contribution in [0.3, 0.4) is 0 Å². The number of fused-ring (bicyclic) bond motifs is 1. The summed E-state index contributed by atoms with van der Waals surface area (Å²) in [6, 6.07) is 14.4. The van der Waals surface area contributed by atoms with Crippen LogP contribution < -0.4 is 15.9 Å². The molecule has 1 aliphatic heterocycles. The number of pyridine rings is 1. The zero-order valence-electron chi connectivity index (χ0n) is 17.6. The van der Waals surface area contributed by atoms with Gasteiger partial charge in [0, 0.05) is 34.4 Å². The first-order valence-corrected chi connectivity index (χ1v) is 10.6. The number of hydrogen-bond acceptors (Lipinski definition) is 3. The third-order valence-electron chi connectivity index (χ3n) is 5.78. The van der Waals surface area contributed by atoms with Crippen LogP contribution in [0.5, 0.6) is 0 Å². The molecule has 3 aromatic heterocycles. The third-order valence-corrected chi connectivity index (χ3v) is 5.78. The Morgan fingerprint density at radius 2 is 2.10 bits per heavy atom. The lowest BCUT2D eigenvalue weighted by Crippen LogP contribution is -2.25. The van der Waals surface area contributed by atoms with E-state index in [1.165, 1.54) is 5.57 Å². The molecular formula is C26H25N5. The van der Waals surface area contributed by atoms with Crippen molar-refractivity contribution < 1.29 is 0 Å². The Morgan fingerprint density at radius 3 is 2.87 bits per heavy atom. The third kappa shape index (κ3) is 3.64. The second-order valence-corrected chi connectivity index (χ2v) is 7.71. The number of nitrogens with zero attached hydrogens (tertiary/aromatic N) is 2. The van der Waals surface area contributed by atoms with E-state index in [-0.39, 0.29) is 0 Å². The quantitative estimate of drug-likeness (QED) is 0.483. The van der Waals surface area contributed by atoms with Gasteiger partial charge in [0.25, 0.3) is 0 Å². The largest absolute Gasteiger partial charge is 0.353 e. The predicted molar refractivity (Wildman–Crippen MR) is 128 cm³/mol. The SMILES string of the molecule is C=C(/C=c1/c(-c2cc3c(-c4ccccn4)cccc3[nH]2)n[nH]/c1=C/C)C1=CCNCC1. The molecule has 0 atom stereocenters. The molecule has 0 bridgehead atoms. The van der Waals surface area contributed by atoms with Gasteiger partial charge in [-0.2, -0.15) is 5.10 Å². The van der Waals surface area contributed by atoms with Gasteiger partial charge < -0.3 is 10.3 Å². The van der Waals surface area contributed by atoms with E-state index < -0.39 is 0 Å². The van der Waals surface area contributed by atoms with Crippen LogP contribution in [-0.4, -0.2) is 33.3 Å². The summed E-state index contributed by atoms with van der Waals surface area (Å²) < 4.78 is 0. The highest BCUT2D eigenvalue weighted by atomic mass is 15.1. The highest BCUT2D eigenvalue weighted by Crippen LogP contribution is 2.30. The van der Waals surface area contributed by atoms with Crippen molar-refractivity contribution in [3.05, 3.63) is 83.0 Å². The van der Waals surface area contributed by atoms with Gasteiger partial charge in [0.15, 0.2) is 0 Å².